The summed E-state index contributed by atoms with van der Waals surface area (Å²) in [5.41, 5.74) is 1.19. The second kappa shape index (κ2) is 10.4. The SMILES string of the molecule is COc1ccc(OCc2nc(C)cc(=O)n2CC(=O)N2CCN(c3ccc(F)cc3)CC2)cc1. The van der Waals surface area contributed by atoms with E-state index >= 15 is 0 Å². The van der Waals surface area contributed by atoms with Gasteiger partial charge >= 0.3 is 0 Å². The van der Waals surface area contributed by atoms with E-state index in [9.17, 15) is 14.0 Å². The second-order valence-corrected chi connectivity index (χ2v) is 8.05. The smallest absolute Gasteiger partial charge is 0.254 e. The van der Waals surface area contributed by atoms with Crippen LogP contribution < -0.4 is 19.9 Å². The molecule has 0 aliphatic carbocycles. The Labute approximate surface area is 197 Å². The maximum atomic E-state index is 13.2. The van der Waals surface area contributed by atoms with E-state index in [-0.39, 0.29) is 30.4 Å². The molecule has 3 aromatic rings. The lowest BCUT2D eigenvalue weighted by Gasteiger charge is -2.36. The Morgan fingerprint density at radius 1 is 1.00 bits per heavy atom. The average Bonchev–Trinajstić information content (AvgIpc) is 2.85. The first-order valence-corrected chi connectivity index (χ1v) is 11.1. The molecule has 34 heavy (non-hydrogen) atoms. The van der Waals surface area contributed by atoms with E-state index in [1.165, 1.54) is 22.8 Å². The topological polar surface area (TPSA) is 76.9 Å². The van der Waals surface area contributed by atoms with Crippen molar-refractivity contribution in [2.75, 3.05) is 38.2 Å². The summed E-state index contributed by atoms with van der Waals surface area (Å²) < 4.78 is 25.5. The fraction of sp³-hybridized carbons (Fsp3) is 0.320. The number of ether oxygens (including phenoxy) is 2. The summed E-state index contributed by atoms with van der Waals surface area (Å²) in [5.74, 6) is 1.27. The molecule has 1 aromatic heterocycles. The number of hydrogen-bond donors (Lipinski definition) is 0. The monoisotopic (exact) mass is 466 g/mol. The molecule has 2 heterocycles. The van der Waals surface area contributed by atoms with Gasteiger partial charge in [-0.05, 0) is 55.5 Å². The zero-order chi connectivity index (χ0) is 24.1. The molecule has 1 aliphatic rings. The number of amides is 1. The van der Waals surface area contributed by atoms with Crippen molar-refractivity contribution in [3.8, 4) is 11.5 Å². The summed E-state index contributed by atoms with van der Waals surface area (Å²) in [5, 5.41) is 0. The Bertz CT molecular complexity index is 1190. The largest absolute Gasteiger partial charge is 0.497 e. The van der Waals surface area contributed by atoms with Crippen LogP contribution in [0.3, 0.4) is 0 Å². The van der Waals surface area contributed by atoms with Crippen LogP contribution in [0.15, 0.2) is 59.4 Å². The van der Waals surface area contributed by atoms with Crippen molar-refractivity contribution in [2.24, 2.45) is 0 Å². The molecule has 0 bridgehead atoms. The van der Waals surface area contributed by atoms with Crippen LogP contribution in [0.4, 0.5) is 10.1 Å². The van der Waals surface area contributed by atoms with Gasteiger partial charge in [0.1, 0.15) is 36.3 Å². The summed E-state index contributed by atoms with van der Waals surface area (Å²) >= 11 is 0. The highest BCUT2D eigenvalue weighted by atomic mass is 19.1. The standard InChI is InChI=1S/C25H27FN4O4/c1-18-15-24(31)30(23(27-18)17-34-22-9-7-21(33-2)8-10-22)16-25(32)29-13-11-28(12-14-29)20-5-3-19(26)4-6-20/h3-10,15H,11-14,16-17H2,1-2H3. The lowest BCUT2D eigenvalue weighted by Crippen LogP contribution is -2.50. The Balaban J connectivity index is 1.41. The predicted octanol–water partition coefficient (Wildman–Crippen LogP) is 2.63. The highest BCUT2D eigenvalue weighted by Gasteiger charge is 2.23. The van der Waals surface area contributed by atoms with E-state index in [0.717, 1.165) is 5.69 Å². The normalized spacial score (nSPS) is 13.6. The number of halogens is 1. The quantitative estimate of drug-likeness (QED) is 0.533. The molecule has 0 radical (unpaired) electrons. The van der Waals surface area contributed by atoms with Crippen LogP contribution in [0.2, 0.25) is 0 Å². The molecule has 2 aromatic carbocycles. The first-order valence-electron chi connectivity index (χ1n) is 11.1. The molecule has 0 spiro atoms. The highest BCUT2D eigenvalue weighted by molar-refractivity contribution is 5.76. The van der Waals surface area contributed by atoms with Gasteiger partial charge in [-0.1, -0.05) is 0 Å². The van der Waals surface area contributed by atoms with Crippen LogP contribution >= 0.6 is 0 Å². The summed E-state index contributed by atoms with van der Waals surface area (Å²) in [6.45, 7) is 3.97. The third-order valence-corrected chi connectivity index (χ3v) is 5.76. The van der Waals surface area contributed by atoms with E-state index in [2.05, 4.69) is 9.88 Å². The van der Waals surface area contributed by atoms with E-state index in [4.69, 9.17) is 9.47 Å². The zero-order valence-electron chi connectivity index (χ0n) is 19.2. The fourth-order valence-electron chi connectivity index (χ4n) is 3.88. The third kappa shape index (κ3) is 5.54. The van der Waals surface area contributed by atoms with Gasteiger partial charge in [0.2, 0.25) is 5.91 Å². The van der Waals surface area contributed by atoms with Gasteiger partial charge in [-0.3, -0.25) is 14.2 Å². The molecule has 0 N–H and O–H groups in total. The van der Waals surface area contributed by atoms with Gasteiger partial charge in [-0.2, -0.15) is 0 Å². The number of benzene rings is 2. The number of rotatable bonds is 7. The number of carbonyl (C=O) groups excluding carboxylic acids is 1. The molecule has 8 nitrogen and oxygen atoms in total. The molecule has 178 valence electrons. The van der Waals surface area contributed by atoms with Crippen LogP contribution in [-0.2, 0) is 17.9 Å². The lowest BCUT2D eigenvalue weighted by molar-refractivity contribution is -0.132. The van der Waals surface area contributed by atoms with Crippen molar-refractivity contribution in [1.29, 1.82) is 0 Å². The van der Waals surface area contributed by atoms with Crippen LogP contribution in [0, 0.1) is 12.7 Å². The van der Waals surface area contributed by atoms with Crippen molar-refractivity contribution >= 4 is 11.6 Å². The van der Waals surface area contributed by atoms with Crippen molar-refractivity contribution in [2.45, 2.75) is 20.1 Å². The van der Waals surface area contributed by atoms with E-state index in [1.807, 2.05) is 0 Å². The maximum Gasteiger partial charge on any atom is 0.254 e. The van der Waals surface area contributed by atoms with Gasteiger partial charge in [0.15, 0.2) is 0 Å². The number of nitrogens with zero attached hydrogens (tertiary/aromatic N) is 4. The number of carbonyl (C=O) groups is 1. The Morgan fingerprint density at radius 2 is 1.65 bits per heavy atom. The molecular weight excluding hydrogens is 439 g/mol. The van der Waals surface area contributed by atoms with Crippen molar-refractivity contribution in [3.63, 3.8) is 0 Å². The first-order chi connectivity index (χ1) is 16.4. The Hall–Kier alpha value is -3.88. The maximum absolute atomic E-state index is 13.2. The molecule has 1 fully saturated rings. The molecule has 9 heteroatoms. The summed E-state index contributed by atoms with van der Waals surface area (Å²) in [6, 6.07) is 14.8. The molecule has 4 rings (SSSR count). The Kier molecular flexibility index (Phi) is 7.10. The summed E-state index contributed by atoms with van der Waals surface area (Å²) in [4.78, 5) is 34.0. The third-order valence-electron chi connectivity index (χ3n) is 5.76. The van der Waals surface area contributed by atoms with Crippen LogP contribution in [-0.4, -0.2) is 53.6 Å². The van der Waals surface area contributed by atoms with Crippen molar-refractivity contribution in [1.82, 2.24) is 14.5 Å². The van der Waals surface area contributed by atoms with Gasteiger partial charge in [0.05, 0.1) is 7.11 Å². The van der Waals surface area contributed by atoms with Gasteiger partial charge in [0.25, 0.3) is 5.56 Å². The number of hydrogen-bond acceptors (Lipinski definition) is 6. The lowest BCUT2D eigenvalue weighted by atomic mass is 10.2. The number of anilines is 1. The minimum Gasteiger partial charge on any atom is -0.497 e. The number of aryl methyl sites for hydroxylation is 1. The molecule has 1 aliphatic heterocycles. The van der Waals surface area contributed by atoms with Crippen LogP contribution in [0.5, 0.6) is 11.5 Å². The van der Waals surface area contributed by atoms with Crippen LogP contribution in [0.1, 0.15) is 11.5 Å². The minimum absolute atomic E-state index is 0.0505. The number of methoxy groups -OCH3 is 1. The fourth-order valence-corrected chi connectivity index (χ4v) is 3.88. The van der Waals surface area contributed by atoms with Gasteiger partial charge in [-0.15, -0.1) is 0 Å². The van der Waals surface area contributed by atoms with Gasteiger partial charge < -0.3 is 19.3 Å². The molecule has 0 saturated carbocycles. The van der Waals surface area contributed by atoms with Crippen molar-refractivity contribution < 1.29 is 18.7 Å². The zero-order valence-corrected chi connectivity index (χ0v) is 19.2. The summed E-state index contributed by atoms with van der Waals surface area (Å²) in [7, 11) is 1.59. The van der Waals surface area contributed by atoms with Crippen LogP contribution in [0.25, 0.3) is 0 Å². The highest BCUT2D eigenvalue weighted by Crippen LogP contribution is 2.19. The predicted molar refractivity (Wildman–Crippen MR) is 126 cm³/mol. The number of piperazine rings is 1. The molecule has 1 amide bonds. The minimum atomic E-state index is -0.292. The average molecular weight is 467 g/mol. The second-order valence-electron chi connectivity index (χ2n) is 8.05. The summed E-state index contributed by atoms with van der Waals surface area (Å²) in [6.07, 6.45) is 0. The van der Waals surface area contributed by atoms with Gasteiger partial charge in [0, 0.05) is 43.6 Å². The van der Waals surface area contributed by atoms with Gasteiger partial charge in [-0.25, -0.2) is 9.37 Å². The van der Waals surface area contributed by atoms with E-state index in [0.29, 0.717) is 49.2 Å². The molecular formula is C25H27FN4O4. The first kappa shape index (κ1) is 23.3. The number of aromatic nitrogens is 2. The Morgan fingerprint density at radius 3 is 2.29 bits per heavy atom. The van der Waals surface area contributed by atoms with E-state index in [1.54, 1.807) is 55.3 Å². The molecule has 1 saturated heterocycles. The van der Waals surface area contributed by atoms with E-state index < -0.39 is 0 Å². The molecule has 0 unspecified atom stereocenters. The molecule has 0 atom stereocenters. The van der Waals surface area contributed by atoms with Crippen molar-refractivity contribution in [3.05, 3.63) is 82.3 Å².